The van der Waals surface area contributed by atoms with E-state index < -0.39 is 10.0 Å². The average molecular weight is 426 g/mol. The summed E-state index contributed by atoms with van der Waals surface area (Å²) in [6.45, 7) is 0. The van der Waals surface area contributed by atoms with Crippen LogP contribution in [0.5, 0.6) is 0 Å². The zero-order valence-corrected chi connectivity index (χ0v) is 16.9. The fraction of sp³-hybridized carbons (Fsp3) is 0.0476. The van der Waals surface area contributed by atoms with Crippen LogP contribution >= 0.6 is 11.6 Å². The first-order valence-corrected chi connectivity index (χ1v) is 10.7. The molecule has 0 saturated carbocycles. The van der Waals surface area contributed by atoms with E-state index in [2.05, 4.69) is 16.1 Å². The number of halogens is 1. The fourth-order valence-corrected chi connectivity index (χ4v) is 3.53. The number of hydrogen-bond donors (Lipinski definition) is 2. The number of amides is 1. The molecular weight excluding hydrogens is 410 g/mol. The third-order valence-electron chi connectivity index (χ3n) is 3.91. The molecule has 0 spiro atoms. The van der Waals surface area contributed by atoms with Gasteiger partial charge >= 0.3 is 0 Å². The van der Waals surface area contributed by atoms with Crippen molar-refractivity contribution in [3.05, 3.63) is 82.9 Å². The summed E-state index contributed by atoms with van der Waals surface area (Å²) in [6.07, 6.45) is 1.03. The van der Waals surface area contributed by atoms with E-state index in [4.69, 9.17) is 16.9 Å². The van der Waals surface area contributed by atoms with Crippen molar-refractivity contribution in [2.45, 2.75) is 0 Å². The molecule has 3 aromatic carbocycles. The largest absolute Gasteiger partial charge is 0.322 e. The smallest absolute Gasteiger partial charge is 0.255 e. The molecule has 0 aromatic heterocycles. The van der Waals surface area contributed by atoms with Crippen molar-refractivity contribution in [2.75, 3.05) is 16.3 Å². The van der Waals surface area contributed by atoms with Gasteiger partial charge in [0, 0.05) is 16.3 Å². The Balaban J connectivity index is 1.86. The minimum Gasteiger partial charge on any atom is -0.322 e. The van der Waals surface area contributed by atoms with E-state index in [9.17, 15) is 13.2 Å². The lowest BCUT2D eigenvalue weighted by Gasteiger charge is -2.10. The van der Waals surface area contributed by atoms with E-state index in [1.54, 1.807) is 36.4 Å². The molecule has 0 bridgehead atoms. The normalized spacial score (nSPS) is 10.8. The molecular formula is C21H16ClN3O3S. The summed E-state index contributed by atoms with van der Waals surface area (Å²) in [4.78, 5) is 12.7. The highest BCUT2D eigenvalue weighted by atomic mass is 35.5. The van der Waals surface area contributed by atoms with E-state index in [0.717, 1.165) is 17.4 Å². The third kappa shape index (κ3) is 5.57. The third-order valence-corrected chi connectivity index (χ3v) is 4.73. The number of carbonyl (C=O) groups is 1. The highest BCUT2D eigenvalue weighted by Gasteiger charge is 2.11. The van der Waals surface area contributed by atoms with Gasteiger partial charge in [-0.25, -0.2) is 8.42 Å². The number of nitrogens with zero attached hydrogens (tertiary/aromatic N) is 1. The number of hydrogen-bond acceptors (Lipinski definition) is 4. The van der Waals surface area contributed by atoms with Crippen LogP contribution in [0.25, 0.3) is 11.1 Å². The van der Waals surface area contributed by atoms with E-state index in [0.29, 0.717) is 16.8 Å². The Hall–Kier alpha value is -3.34. The van der Waals surface area contributed by atoms with Crippen LogP contribution in [-0.2, 0) is 10.0 Å². The summed E-state index contributed by atoms with van der Waals surface area (Å²) < 4.78 is 25.2. The molecule has 0 aliphatic carbocycles. The highest BCUT2D eigenvalue weighted by molar-refractivity contribution is 7.92. The summed E-state index contributed by atoms with van der Waals surface area (Å²) in [5, 5.41) is 12.1. The minimum atomic E-state index is -3.48. The van der Waals surface area contributed by atoms with Gasteiger partial charge in [-0.15, -0.1) is 0 Å². The minimum absolute atomic E-state index is 0.248. The Morgan fingerprint density at radius 1 is 0.966 bits per heavy atom. The summed E-state index contributed by atoms with van der Waals surface area (Å²) >= 11 is 6.03. The Morgan fingerprint density at radius 2 is 1.62 bits per heavy atom. The standard InChI is InChI=1S/C21H16ClN3O3S/c1-29(27,28)25-20-11-18(22)10-19(12-20)24-21(26)17-7-3-6-16(9-17)15-5-2-4-14(8-15)13-23/h2-12,25H,1H3,(H,24,26). The highest BCUT2D eigenvalue weighted by Crippen LogP contribution is 2.25. The summed E-state index contributed by atoms with van der Waals surface area (Å²) in [7, 11) is -3.48. The van der Waals surface area contributed by atoms with E-state index in [1.807, 2.05) is 12.1 Å². The number of benzene rings is 3. The lowest BCUT2D eigenvalue weighted by Crippen LogP contribution is -2.13. The van der Waals surface area contributed by atoms with Crippen molar-refractivity contribution in [1.82, 2.24) is 0 Å². The van der Waals surface area contributed by atoms with Gasteiger partial charge in [-0.2, -0.15) is 5.26 Å². The topological polar surface area (TPSA) is 99.1 Å². The fourth-order valence-electron chi connectivity index (χ4n) is 2.75. The van der Waals surface area contributed by atoms with Gasteiger partial charge in [-0.1, -0.05) is 35.9 Å². The van der Waals surface area contributed by atoms with Crippen molar-refractivity contribution in [1.29, 1.82) is 5.26 Å². The predicted octanol–water partition coefficient (Wildman–Crippen LogP) is 4.50. The molecule has 0 saturated heterocycles. The number of rotatable bonds is 5. The molecule has 1 amide bonds. The second kappa shape index (κ2) is 8.35. The Morgan fingerprint density at radius 3 is 2.31 bits per heavy atom. The van der Waals surface area contributed by atoms with Crippen LogP contribution in [0.2, 0.25) is 5.02 Å². The van der Waals surface area contributed by atoms with Gasteiger partial charge in [-0.3, -0.25) is 9.52 Å². The first kappa shape index (κ1) is 20.4. The number of nitriles is 1. The van der Waals surface area contributed by atoms with Crippen LogP contribution in [0, 0.1) is 11.3 Å². The monoisotopic (exact) mass is 425 g/mol. The van der Waals surface area contributed by atoms with Crippen LogP contribution in [-0.4, -0.2) is 20.6 Å². The molecule has 0 aliphatic heterocycles. The summed E-state index contributed by atoms with van der Waals surface area (Å²) in [5.74, 6) is -0.379. The molecule has 0 radical (unpaired) electrons. The molecule has 146 valence electrons. The SMILES string of the molecule is CS(=O)(=O)Nc1cc(Cl)cc(NC(=O)c2cccc(-c3cccc(C#N)c3)c2)c1. The van der Waals surface area contributed by atoms with Gasteiger partial charge in [0.1, 0.15) is 0 Å². The van der Waals surface area contributed by atoms with E-state index >= 15 is 0 Å². The summed E-state index contributed by atoms with van der Waals surface area (Å²) in [6, 6.07) is 20.6. The van der Waals surface area contributed by atoms with Gasteiger partial charge in [0.2, 0.25) is 10.0 Å². The molecule has 8 heteroatoms. The quantitative estimate of drug-likeness (QED) is 0.628. The van der Waals surface area contributed by atoms with Gasteiger partial charge in [-0.05, 0) is 53.6 Å². The second-order valence-electron chi connectivity index (χ2n) is 6.33. The number of nitrogens with one attached hydrogen (secondary N) is 2. The van der Waals surface area contributed by atoms with E-state index in [-0.39, 0.29) is 16.6 Å². The van der Waals surface area contributed by atoms with Crippen molar-refractivity contribution < 1.29 is 13.2 Å². The molecule has 2 N–H and O–H groups in total. The zero-order chi connectivity index (χ0) is 21.0. The second-order valence-corrected chi connectivity index (χ2v) is 8.52. The predicted molar refractivity (Wildman–Crippen MR) is 114 cm³/mol. The maximum absolute atomic E-state index is 12.7. The van der Waals surface area contributed by atoms with Gasteiger partial charge in [0.25, 0.3) is 5.91 Å². The molecule has 3 rings (SSSR count). The number of anilines is 2. The van der Waals surface area contributed by atoms with Gasteiger partial charge in [0.05, 0.1) is 23.6 Å². The van der Waals surface area contributed by atoms with Crippen LogP contribution in [0.1, 0.15) is 15.9 Å². The number of carbonyl (C=O) groups excluding carboxylic acids is 1. The molecule has 0 atom stereocenters. The molecule has 6 nitrogen and oxygen atoms in total. The van der Waals surface area contributed by atoms with Crippen LogP contribution in [0.4, 0.5) is 11.4 Å². The number of sulfonamides is 1. The molecule has 0 fully saturated rings. The van der Waals surface area contributed by atoms with Crippen LogP contribution in [0.15, 0.2) is 66.7 Å². The molecule has 29 heavy (non-hydrogen) atoms. The Bertz CT molecular complexity index is 1230. The van der Waals surface area contributed by atoms with Crippen molar-refractivity contribution in [2.24, 2.45) is 0 Å². The Kier molecular flexibility index (Phi) is 5.87. The van der Waals surface area contributed by atoms with Crippen molar-refractivity contribution >= 4 is 38.9 Å². The van der Waals surface area contributed by atoms with Gasteiger partial charge < -0.3 is 5.32 Å². The lowest BCUT2D eigenvalue weighted by atomic mass is 10.0. The molecule has 0 heterocycles. The maximum Gasteiger partial charge on any atom is 0.255 e. The molecule has 0 unspecified atom stereocenters. The van der Waals surface area contributed by atoms with E-state index in [1.165, 1.54) is 18.2 Å². The Labute approximate surface area is 173 Å². The van der Waals surface area contributed by atoms with Crippen LogP contribution in [0.3, 0.4) is 0 Å². The first-order valence-electron chi connectivity index (χ1n) is 8.44. The summed E-state index contributed by atoms with van der Waals surface area (Å²) in [5.41, 5.74) is 3.15. The average Bonchev–Trinajstić information content (AvgIpc) is 2.66. The van der Waals surface area contributed by atoms with Crippen molar-refractivity contribution in [3.63, 3.8) is 0 Å². The maximum atomic E-state index is 12.7. The lowest BCUT2D eigenvalue weighted by molar-refractivity contribution is 0.102. The van der Waals surface area contributed by atoms with Crippen LogP contribution < -0.4 is 10.0 Å². The van der Waals surface area contributed by atoms with Gasteiger partial charge in [0.15, 0.2) is 0 Å². The first-order chi connectivity index (χ1) is 13.7. The zero-order valence-electron chi connectivity index (χ0n) is 15.3. The molecule has 3 aromatic rings. The van der Waals surface area contributed by atoms with Crippen molar-refractivity contribution in [3.8, 4) is 17.2 Å². The molecule has 0 aliphatic rings.